The van der Waals surface area contributed by atoms with Gasteiger partial charge in [-0.1, -0.05) is 0 Å². The van der Waals surface area contributed by atoms with Gasteiger partial charge in [0.15, 0.2) is 5.82 Å². The summed E-state index contributed by atoms with van der Waals surface area (Å²) in [6, 6.07) is 0. The third-order valence-corrected chi connectivity index (χ3v) is 3.23. The molecule has 0 fully saturated rings. The fourth-order valence-electron chi connectivity index (χ4n) is 0.971. The van der Waals surface area contributed by atoms with Crippen molar-refractivity contribution < 1.29 is 0 Å². The van der Waals surface area contributed by atoms with Crippen LogP contribution in [-0.2, 0) is 0 Å². The lowest BCUT2D eigenvalue weighted by atomic mass is 10.3. The van der Waals surface area contributed by atoms with Crippen LogP contribution < -0.4 is 11.5 Å². The monoisotopic (exact) mass is 271 g/mol. The van der Waals surface area contributed by atoms with E-state index in [0.29, 0.717) is 5.82 Å². The van der Waals surface area contributed by atoms with Gasteiger partial charge in [-0.3, -0.25) is 0 Å². The van der Waals surface area contributed by atoms with Crippen LogP contribution in [0.5, 0.6) is 0 Å². The van der Waals surface area contributed by atoms with E-state index in [0.717, 1.165) is 10.0 Å². The second-order valence-corrected chi connectivity index (χ2v) is 4.11. The average Bonchev–Trinajstić information content (AvgIpc) is 2.49. The first kappa shape index (κ1) is 9.35. The summed E-state index contributed by atoms with van der Waals surface area (Å²) < 4.78 is 0.924. The van der Waals surface area contributed by atoms with Crippen LogP contribution in [0.3, 0.4) is 0 Å². The van der Waals surface area contributed by atoms with Crippen molar-refractivity contribution in [2.75, 3.05) is 11.5 Å². The molecule has 2 heterocycles. The molecule has 2 aromatic heterocycles. The number of thiophene rings is 1. The number of rotatable bonds is 1. The van der Waals surface area contributed by atoms with Crippen molar-refractivity contribution in [2.45, 2.75) is 0 Å². The predicted molar refractivity (Wildman–Crippen MR) is 59.7 cm³/mol. The summed E-state index contributed by atoms with van der Waals surface area (Å²) in [7, 11) is 0. The van der Waals surface area contributed by atoms with E-state index in [9.17, 15) is 0 Å². The molecule has 0 aromatic carbocycles. The molecule has 0 bridgehead atoms. The van der Waals surface area contributed by atoms with E-state index >= 15 is 0 Å². The number of aromatic nitrogens is 3. The van der Waals surface area contributed by atoms with Crippen LogP contribution in [-0.4, -0.2) is 15.0 Å². The van der Waals surface area contributed by atoms with Gasteiger partial charge in [0, 0.05) is 20.8 Å². The summed E-state index contributed by atoms with van der Waals surface area (Å²) in [5, 5.41) is 3.85. The van der Waals surface area contributed by atoms with Gasteiger partial charge in [0.1, 0.15) is 0 Å². The molecule has 0 aliphatic heterocycles. The number of hydrogen-bond donors (Lipinski definition) is 2. The Balaban J connectivity index is 2.57. The Labute approximate surface area is 92.3 Å². The predicted octanol–water partition coefficient (Wildman–Crippen LogP) is 1.53. The first-order valence-electron chi connectivity index (χ1n) is 3.66. The Hall–Kier alpha value is -1.21. The molecule has 0 saturated heterocycles. The highest BCUT2D eigenvalue weighted by Gasteiger charge is 2.09. The van der Waals surface area contributed by atoms with Crippen LogP contribution in [0.15, 0.2) is 15.2 Å². The van der Waals surface area contributed by atoms with Crippen molar-refractivity contribution >= 4 is 39.2 Å². The molecule has 0 aliphatic carbocycles. The topological polar surface area (TPSA) is 90.7 Å². The Bertz CT molecular complexity index is 449. The van der Waals surface area contributed by atoms with Crippen LogP contribution in [0, 0.1) is 0 Å². The van der Waals surface area contributed by atoms with E-state index in [-0.39, 0.29) is 11.9 Å². The molecule has 0 atom stereocenters. The van der Waals surface area contributed by atoms with Crippen molar-refractivity contribution in [1.82, 2.24) is 15.0 Å². The van der Waals surface area contributed by atoms with Gasteiger partial charge in [-0.2, -0.15) is 26.3 Å². The lowest BCUT2D eigenvalue weighted by Crippen LogP contribution is -2.03. The number of anilines is 2. The van der Waals surface area contributed by atoms with Gasteiger partial charge < -0.3 is 11.5 Å². The average molecular weight is 272 g/mol. The van der Waals surface area contributed by atoms with Crippen LogP contribution in [0.4, 0.5) is 11.9 Å². The molecule has 0 unspecified atom stereocenters. The number of halogens is 1. The number of nitrogens with zero attached hydrogens (tertiary/aromatic N) is 3. The van der Waals surface area contributed by atoms with Gasteiger partial charge in [-0.15, -0.1) is 0 Å². The van der Waals surface area contributed by atoms with Crippen molar-refractivity contribution in [3.63, 3.8) is 0 Å². The normalized spacial score (nSPS) is 10.4. The minimum absolute atomic E-state index is 0.130. The minimum atomic E-state index is 0.130. The van der Waals surface area contributed by atoms with Crippen LogP contribution in [0.25, 0.3) is 11.4 Å². The second-order valence-electron chi connectivity index (χ2n) is 2.51. The molecule has 2 rings (SSSR count). The lowest BCUT2D eigenvalue weighted by Gasteiger charge is -1.99. The van der Waals surface area contributed by atoms with Gasteiger partial charge in [0.25, 0.3) is 0 Å². The highest BCUT2D eigenvalue weighted by atomic mass is 79.9. The van der Waals surface area contributed by atoms with Crippen molar-refractivity contribution in [3.05, 3.63) is 15.2 Å². The van der Waals surface area contributed by atoms with E-state index in [2.05, 4.69) is 30.9 Å². The molecule has 0 radical (unpaired) electrons. The minimum Gasteiger partial charge on any atom is -0.368 e. The smallest absolute Gasteiger partial charge is 0.225 e. The molecule has 4 N–H and O–H groups in total. The van der Waals surface area contributed by atoms with Crippen molar-refractivity contribution in [1.29, 1.82) is 0 Å². The summed E-state index contributed by atoms with van der Waals surface area (Å²) in [6.07, 6.45) is 0. The first-order valence-corrected chi connectivity index (χ1v) is 5.39. The maximum atomic E-state index is 5.46. The Morgan fingerprint density at radius 1 is 1.07 bits per heavy atom. The molecule has 7 heteroatoms. The number of nitrogens with two attached hydrogens (primary N) is 2. The van der Waals surface area contributed by atoms with E-state index < -0.39 is 0 Å². The zero-order chi connectivity index (χ0) is 10.1. The highest BCUT2D eigenvalue weighted by Crippen LogP contribution is 2.29. The number of nitrogen functional groups attached to an aromatic ring is 2. The zero-order valence-electron chi connectivity index (χ0n) is 6.94. The highest BCUT2D eigenvalue weighted by molar-refractivity contribution is 9.10. The van der Waals surface area contributed by atoms with Gasteiger partial charge >= 0.3 is 0 Å². The first-order chi connectivity index (χ1) is 6.66. The zero-order valence-corrected chi connectivity index (χ0v) is 9.34. The largest absolute Gasteiger partial charge is 0.368 e. The quantitative estimate of drug-likeness (QED) is 0.821. The summed E-state index contributed by atoms with van der Waals surface area (Å²) in [5.74, 6) is 0.749. The Morgan fingerprint density at radius 2 is 1.71 bits per heavy atom. The second kappa shape index (κ2) is 3.50. The molecule has 0 aliphatic rings. The van der Waals surface area contributed by atoms with E-state index in [4.69, 9.17) is 11.5 Å². The molecule has 0 saturated carbocycles. The van der Waals surface area contributed by atoms with Crippen molar-refractivity contribution in [2.24, 2.45) is 0 Å². The molecule has 2 aromatic rings. The third kappa shape index (κ3) is 1.68. The van der Waals surface area contributed by atoms with Crippen LogP contribution in [0.2, 0.25) is 0 Å². The van der Waals surface area contributed by atoms with E-state index in [1.807, 2.05) is 10.8 Å². The van der Waals surface area contributed by atoms with Gasteiger partial charge in [-0.05, 0) is 15.9 Å². The maximum Gasteiger partial charge on any atom is 0.225 e. The van der Waals surface area contributed by atoms with Gasteiger partial charge in [-0.25, -0.2) is 0 Å². The molecule has 5 nitrogen and oxygen atoms in total. The summed E-state index contributed by atoms with van der Waals surface area (Å²) in [6.45, 7) is 0. The molecular formula is C7H6BrN5S. The van der Waals surface area contributed by atoms with E-state index in [1.165, 1.54) is 0 Å². The Morgan fingerprint density at radius 3 is 2.21 bits per heavy atom. The molecule has 72 valence electrons. The fraction of sp³-hybridized carbons (Fsp3) is 0. The van der Waals surface area contributed by atoms with Gasteiger partial charge in [0.2, 0.25) is 11.9 Å². The van der Waals surface area contributed by atoms with Crippen LogP contribution >= 0.6 is 27.3 Å². The number of hydrogen-bond acceptors (Lipinski definition) is 6. The van der Waals surface area contributed by atoms with Crippen LogP contribution in [0.1, 0.15) is 0 Å². The maximum absolute atomic E-state index is 5.46. The SMILES string of the molecule is Nc1nc(N)nc(-c2cscc2Br)n1. The summed E-state index contributed by atoms with van der Waals surface area (Å²) >= 11 is 4.92. The standard InChI is InChI=1S/C7H6BrN5S/c8-4-2-14-1-3(4)5-11-6(9)13-7(10)12-5/h1-2H,(H4,9,10,11,12,13). The summed E-state index contributed by atoms with van der Waals surface area (Å²) in [4.78, 5) is 11.7. The Kier molecular flexibility index (Phi) is 2.34. The molecular weight excluding hydrogens is 266 g/mol. The fourth-order valence-corrected chi connectivity index (χ4v) is 2.42. The molecule has 0 spiro atoms. The molecule has 0 amide bonds. The summed E-state index contributed by atoms with van der Waals surface area (Å²) in [5.41, 5.74) is 11.8. The van der Waals surface area contributed by atoms with E-state index in [1.54, 1.807) is 11.3 Å². The molecule has 14 heavy (non-hydrogen) atoms. The van der Waals surface area contributed by atoms with Crippen molar-refractivity contribution in [3.8, 4) is 11.4 Å². The lowest BCUT2D eigenvalue weighted by molar-refractivity contribution is 1.09. The third-order valence-electron chi connectivity index (χ3n) is 1.53. The van der Waals surface area contributed by atoms with Gasteiger partial charge in [0.05, 0.1) is 0 Å².